The van der Waals surface area contributed by atoms with Crippen LogP contribution in [-0.4, -0.2) is 39.1 Å². The molecule has 6 aromatic carbocycles. The minimum absolute atomic E-state index is 0.0733. The average Bonchev–Trinajstić information content (AvgIpc) is 3.28. The van der Waals surface area contributed by atoms with Gasteiger partial charge >= 0.3 is 5.69 Å². The third-order valence-electron chi connectivity index (χ3n) is 9.22. The second-order valence-electron chi connectivity index (χ2n) is 13.3. The minimum Gasteiger partial charge on any atom is -0.495 e. The van der Waals surface area contributed by atoms with E-state index in [1.165, 1.54) is 19.5 Å². The largest absolute Gasteiger partial charge is 0.495 e. The van der Waals surface area contributed by atoms with Crippen LogP contribution in [0, 0.1) is 10.1 Å². The second kappa shape index (κ2) is 19.4. The lowest BCUT2D eigenvalue weighted by Crippen LogP contribution is -1.99. The van der Waals surface area contributed by atoms with E-state index in [4.69, 9.17) is 24.7 Å². The Hall–Kier alpha value is -8.12. The average molecular weight is 797 g/mol. The van der Waals surface area contributed by atoms with Crippen molar-refractivity contribution in [1.82, 2.24) is 19.9 Å². The fraction of sp³-hybridized carbons (Fsp3) is 0.0833. The predicted molar refractivity (Wildman–Crippen MR) is 231 cm³/mol. The Bertz CT molecular complexity index is 2700. The molecule has 0 amide bonds. The van der Waals surface area contributed by atoms with Crippen LogP contribution in [0.3, 0.4) is 0 Å². The number of nitro benzene ring substituents is 1. The molecular weight excluding hydrogens is 757 g/mol. The number of rotatable bonds is 13. The summed E-state index contributed by atoms with van der Waals surface area (Å²) in [5.74, 6) is 3.83. The van der Waals surface area contributed by atoms with Crippen LogP contribution < -0.4 is 24.7 Å². The van der Waals surface area contributed by atoms with Gasteiger partial charge in [0.25, 0.3) is 0 Å². The van der Waals surface area contributed by atoms with Crippen LogP contribution in [0.15, 0.2) is 170 Å². The van der Waals surface area contributed by atoms with Gasteiger partial charge in [0.15, 0.2) is 5.75 Å². The van der Waals surface area contributed by atoms with Gasteiger partial charge in [-0.15, -0.1) is 0 Å². The molecule has 12 heteroatoms. The number of ether oxygens (including phenoxy) is 4. The number of nitro groups is 1. The Labute approximate surface area is 347 Å². The predicted octanol–water partition coefficient (Wildman–Crippen LogP) is 10.6. The molecule has 0 atom stereocenters. The zero-order valence-corrected chi connectivity index (χ0v) is 32.8. The highest BCUT2D eigenvalue weighted by Gasteiger charge is 2.17. The van der Waals surface area contributed by atoms with Crippen molar-refractivity contribution in [3.63, 3.8) is 0 Å². The standard InChI is InChI=1S/C24H19N3O4.C24H21N3O2/c1-30-24-12-11-17(14-22(24)27(28)29)13-18-15-21(26-16-25-18)20-9-5-6-10-23(20)31-19-7-3-2-4-8-19;1-28-24-12-11-17(14-21(24)25)13-18-15-22(27-16-26-18)20-9-5-6-10-23(20)29-19-7-3-2-4-8-19/h2-12,14-16H,13H2,1H3;2-12,14-16H,13,25H2,1H3. The number of benzene rings is 6. The molecule has 2 N–H and O–H groups in total. The summed E-state index contributed by atoms with van der Waals surface area (Å²) in [5, 5.41) is 11.3. The molecule has 0 unspecified atom stereocenters. The first-order chi connectivity index (χ1) is 29.4. The molecule has 0 aliphatic heterocycles. The monoisotopic (exact) mass is 796 g/mol. The number of nitrogen functional groups attached to an aromatic ring is 1. The third-order valence-corrected chi connectivity index (χ3v) is 9.22. The van der Waals surface area contributed by atoms with Crippen LogP contribution in [0.25, 0.3) is 22.5 Å². The van der Waals surface area contributed by atoms with Gasteiger partial charge in [-0.2, -0.15) is 0 Å². The van der Waals surface area contributed by atoms with Crippen LogP contribution in [0.2, 0.25) is 0 Å². The van der Waals surface area contributed by atoms with E-state index in [-0.39, 0.29) is 11.4 Å². The zero-order valence-electron chi connectivity index (χ0n) is 32.8. The molecular formula is C48H40N6O6. The summed E-state index contributed by atoms with van der Waals surface area (Å²) in [7, 11) is 3.02. The lowest BCUT2D eigenvalue weighted by molar-refractivity contribution is -0.385. The number of para-hydroxylation sites is 4. The summed E-state index contributed by atoms with van der Waals surface area (Å²) >= 11 is 0. The highest BCUT2D eigenvalue weighted by atomic mass is 16.6. The second-order valence-corrected chi connectivity index (χ2v) is 13.3. The molecule has 60 heavy (non-hydrogen) atoms. The molecule has 0 aliphatic rings. The Morgan fingerprint density at radius 3 is 1.43 bits per heavy atom. The molecule has 0 spiro atoms. The van der Waals surface area contributed by atoms with Crippen LogP contribution in [-0.2, 0) is 12.8 Å². The first-order valence-electron chi connectivity index (χ1n) is 18.9. The van der Waals surface area contributed by atoms with Gasteiger partial charge in [0.2, 0.25) is 0 Å². The van der Waals surface area contributed by atoms with E-state index in [1.807, 2.05) is 140 Å². The summed E-state index contributed by atoms with van der Waals surface area (Å²) < 4.78 is 22.4. The van der Waals surface area contributed by atoms with E-state index in [0.717, 1.165) is 56.6 Å². The molecule has 0 radical (unpaired) electrons. The molecule has 12 nitrogen and oxygen atoms in total. The summed E-state index contributed by atoms with van der Waals surface area (Å²) in [6.07, 6.45) is 4.13. The lowest BCUT2D eigenvalue weighted by Gasteiger charge is -2.11. The Kier molecular flexibility index (Phi) is 12.9. The quantitative estimate of drug-likeness (QED) is 0.0672. The maximum Gasteiger partial charge on any atom is 0.311 e. The Morgan fingerprint density at radius 2 is 0.967 bits per heavy atom. The van der Waals surface area contributed by atoms with Gasteiger partial charge in [-0.25, -0.2) is 19.9 Å². The highest BCUT2D eigenvalue weighted by Crippen LogP contribution is 2.35. The van der Waals surface area contributed by atoms with E-state index >= 15 is 0 Å². The summed E-state index contributed by atoms with van der Waals surface area (Å²) in [5.41, 5.74) is 13.3. The van der Waals surface area contributed by atoms with Crippen molar-refractivity contribution < 1.29 is 23.9 Å². The van der Waals surface area contributed by atoms with Crippen LogP contribution in [0.5, 0.6) is 34.5 Å². The molecule has 2 aromatic heterocycles. The number of hydrogen-bond donors (Lipinski definition) is 1. The normalized spacial score (nSPS) is 10.5. The smallest absolute Gasteiger partial charge is 0.311 e. The highest BCUT2D eigenvalue weighted by molar-refractivity contribution is 5.69. The fourth-order valence-corrected chi connectivity index (χ4v) is 6.35. The molecule has 2 heterocycles. The number of hydrogen-bond acceptors (Lipinski definition) is 11. The summed E-state index contributed by atoms with van der Waals surface area (Å²) in [6, 6.07) is 49.2. The van der Waals surface area contributed by atoms with Gasteiger partial charge < -0.3 is 24.7 Å². The first-order valence-corrected chi connectivity index (χ1v) is 18.9. The summed E-state index contributed by atoms with van der Waals surface area (Å²) in [4.78, 5) is 28.5. The van der Waals surface area contributed by atoms with Crippen molar-refractivity contribution in [3.05, 3.63) is 203 Å². The topological polar surface area (TPSA) is 158 Å². The molecule has 0 bridgehead atoms. The maximum absolute atomic E-state index is 11.3. The molecule has 0 aliphatic carbocycles. The minimum atomic E-state index is -0.453. The molecule has 0 saturated heterocycles. The van der Waals surface area contributed by atoms with E-state index in [2.05, 4.69) is 19.9 Å². The van der Waals surface area contributed by atoms with Crippen molar-refractivity contribution in [2.45, 2.75) is 12.8 Å². The van der Waals surface area contributed by atoms with Gasteiger partial charge in [-0.3, -0.25) is 10.1 Å². The Balaban J connectivity index is 0.000000182. The molecule has 0 fully saturated rings. The van der Waals surface area contributed by atoms with Gasteiger partial charge in [-0.05, 0) is 90.0 Å². The Morgan fingerprint density at radius 1 is 0.517 bits per heavy atom. The van der Waals surface area contributed by atoms with Gasteiger partial charge in [0.05, 0.1) is 36.2 Å². The van der Waals surface area contributed by atoms with Gasteiger partial charge in [0, 0.05) is 41.4 Å². The van der Waals surface area contributed by atoms with Crippen LogP contribution in [0.4, 0.5) is 11.4 Å². The molecule has 8 rings (SSSR count). The number of nitrogens with zero attached hydrogens (tertiary/aromatic N) is 5. The van der Waals surface area contributed by atoms with E-state index in [9.17, 15) is 10.1 Å². The van der Waals surface area contributed by atoms with Crippen molar-refractivity contribution in [2.24, 2.45) is 0 Å². The van der Waals surface area contributed by atoms with E-state index < -0.39 is 4.92 Å². The molecule has 0 saturated carbocycles. The third kappa shape index (κ3) is 10.2. The SMILES string of the molecule is COc1ccc(Cc2cc(-c3ccccc3Oc3ccccc3)ncn2)cc1N.COc1ccc(Cc2cc(-c3ccccc3Oc3ccccc3)ncn2)cc1[N+](=O)[O-]. The molecule has 8 aromatic rings. The number of nitrogens with two attached hydrogens (primary N) is 1. The van der Waals surface area contributed by atoms with Crippen molar-refractivity contribution >= 4 is 11.4 Å². The van der Waals surface area contributed by atoms with Crippen LogP contribution >= 0.6 is 0 Å². The van der Waals surface area contributed by atoms with Gasteiger partial charge in [-0.1, -0.05) is 72.8 Å². The van der Waals surface area contributed by atoms with E-state index in [1.54, 1.807) is 25.6 Å². The van der Waals surface area contributed by atoms with Crippen molar-refractivity contribution in [2.75, 3.05) is 20.0 Å². The maximum atomic E-state index is 11.3. The lowest BCUT2D eigenvalue weighted by atomic mass is 10.1. The van der Waals surface area contributed by atoms with Gasteiger partial charge in [0.1, 0.15) is 41.4 Å². The number of anilines is 1. The van der Waals surface area contributed by atoms with E-state index in [0.29, 0.717) is 35.7 Å². The number of aromatic nitrogens is 4. The number of methoxy groups -OCH3 is 2. The summed E-state index contributed by atoms with van der Waals surface area (Å²) in [6.45, 7) is 0. The molecule has 298 valence electrons. The fourth-order valence-electron chi connectivity index (χ4n) is 6.35. The van der Waals surface area contributed by atoms with Crippen LogP contribution in [0.1, 0.15) is 22.5 Å². The van der Waals surface area contributed by atoms with Crippen molar-refractivity contribution in [1.29, 1.82) is 0 Å². The first kappa shape index (κ1) is 40.1. The van der Waals surface area contributed by atoms with Crippen molar-refractivity contribution in [3.8, 4) is 57.0 Å². The zero-order chi connectivity index (χ0) is 41.7.